The average Bonchev–Trinajstić information content (AvgIpc) is 2.79. The van der Waals surface area contributed by atoms with Crippen molar-refractivity contribution in [3.05, 3.63) is 30.3 Å². The van der Waals surface area contributed by atoms with Crippen molar-refractivity contribution in [1.29, 1.82) is 0 Å². The molecule has 4 nitrogen and oxygen atoms in total. The van der Waals surface area contributed by atoms with E-state index in [2.05, 4.69) is 36.6 Å². The van der Waals surface area contributed by atoms with Crippen LogP contribution in [0, 0.1) is 16.7 Å². The smallest absolute Gasteiger partial charge is 0.191 e. The predicted molar refractivity (Wildman–Crippen MR) is 92.9 cm³/mol. The lowest BCUT2D eigenvalue weighted by atomic mass is 9.70. The maximum absolute atomic E-state index is 12.6. The number of fused-ring (bicyclic) bond motifs is 2. The highest BCUT2D eigenvalue weighted by Gasteiger charge is 2.65. The maximum atomic E-state index is 12.6. The lowest BCUT2D eigenvalue weighted by Gasteiger charge is -2.31. The van der Waals surface area contributed by atoms with E-state index in [1.54, 1.807) is 0 Å². The number of anilines is 1. The maximum Gasteiger partial charge on any atom is 0.191 e. The molecule has 22 heavy (non-hydrogen) atoms. The van der Waals surface area contributed by atoms with E-state index in [4.69, 9.17) is 12.2 Å². The summed E-state index contributed by atoms with van der Waals surface area (Å²) in [6.07, 6.45) is 1.98. The number of Topliss-reactive ketones (excluding diaryl/α,β-unsaturated/α-hetero) is 1. The fourth-order valence-corrected chi connectivity index (χ4v) is 3.91. The summed E-state index contributed by atoms with van der Waals surface area (Å²) in [6.45, 7) is 6.41. The van der Waals surface area contributed by atoms with Crippen LogP contribution >= 0.6 is 12.2 Å². The Labute approximate surface area is 136 Å². The van der Waals surface area contributed by atoms with Crippen LogP contribution in [-0.4, -0.2) is 16.6 Å². The number of hydrazone groups is 1. The molecule has 116 valence electrons. The summed E-state index contributed by atoms with van der Waals surface area (Å²) in [5, 5.41) is 7.79. The number of hydrogen-bond acceptors (Lipinski definition) is 3. The second-order valence-electron chi connectivity index (χ2n) is 6.90. The molecule has 0 aliphatic heterocycles. The molecule has 0 unspecified atom stereocenters. The lowest BCUT2D eigenvalue weighted by molar-refractivity contribution is -0.123. The van der Waals surface area contributed by atoms with Gasteiger partial charge in [-0.15, -0.1) is 0 Å². The first-order chi connectivity index (χ1) is 10.4. The van der Waals surface area contributed by atoms with E-state index in [-0.39, 0.29) is 22.5 Å². The van der Waals surface area contributed by atoms with Gasteiger partial charge in [-0.05, 0) is 42.6 Å². The molecule has 2 bridgehead atoms. The van der Waals surface area contributed by atoms with Crippen molar-refractivity contribution in [3.8, 4) is 0 Å². The van der Waals surface area contributed by atoms with Gasteiger partial charge in [0.05, 0.1) is 0 Å². The Morgan fingerprint density at radius 2 is 1.95 bits per heavy atom. The summed E-state index contributed by atoms with van der Waals surface area (Å²) in [5.74, 6) is 0.390. The van der Waals surface area contributed by atoms with Crippen LogP contribution < -0.4 is 10.7 Å². The van der Waals surface area contributed by atoms with Crippen molar-refractivity contribution in [3.63, 3.8) is 0 Å². The van der Waals surface area contributed by atoms with Gasteiger partial charge in [-0.1, -0.05) is 39.0 Å². The van der Waals surface area contributed by atoms with Gasteiger partial charge in [-0.25, -0.2) is 0 Å². The molecule has 2 atom stereocenters. The minimum absolute atomic E-state index is 0.0287. The van der Waals surface area contributed by atoms with Crippen LogP contribution in [0.3, 0.4) is 0 Å². The van der Waals surface area contributed by atoms with Gasteiger partial charge in [-0.3, -0.25) is 10.2 Å². The molecular weight excluding hydrogens is 294 g/mol. The molecule has 1 aromatic rings. The van der Waals surface area contributed by atoms with Gasteiger partial charge in [-0.2, -0.15) is 5.10 Å². The Hall–Kier alpha value is -1.75. The number of hydrogen-bond donors (Lipinski definition) is 2. The van der Waals surface area contributed by atoms with Crippen LogP contribution in [0.1, 0.15) is 33.6 Å². The Bertz CT molecular complexity index is 653. The SMILES string of the molecule is CC1(C)[C@H]2CC[C@@]1(C)C(=O)/C2=N/NC(=S)Nc1ccccc1. The standard InChI is InChI=1S/C17H21N3OS/c1-16(2)12-9-10-17(16,3)14(21)13(12)19-20-15(22)18-11-7-5-4-6-8-11/h4-8,12H,9-10H2,1-3H3,(H2,18,20,22)/b19-13+/t12-,17-/m0/s1. The van der Waals surface area contributed by atoms with Crippen molar-refractivity contribution in [2.75, 3.05) is 5.32 Å². The Morgan fingerprint density at radius 1 is 1.27 bits per heavy atom. The molecule has 2 fully saturated rings. The van der Waals surface area contributed by atoms with Crippen molar-refractivity contribution in [2.24, 2.45) is 21.8 Å². The first kappa shape index (κ1) is 15.2. The van der Waals surface area contributed by atoms with E-state index < -0.39 is 0 Å². The highest BCUT2D eigenvalue weighted by atomic mass is 32.1. The molecule has 5 heteroatoms. The predicted octanol–water partition coefficient (Wildman–Crippen LogP) is 3.35. The van der Waals surface area contributed by atoms with Crippen molar-refractivity contribution < 1.29 is 4.79 Å². The molecule has 0 amide bonds. The van der Waals surface area contributed by atoms with Gasteiger partial charge < -0.3 is 5.32 Å². The summed E-state index contributed by atoms with van der Waals surface area (Å²) in [4.78, 5) is 12.6. The lowest BCUT2D eigenvalue weighted by Crippen LogP contribution is -2.34. The average molecular weight is 315 g/mol. The number of thiocarbonyl (C=S) groups is 1. The van der Waals surface area contributed by atoms with Crippen LogP contribution in [0.25, 0.3) is 0 Å². The third kappa shape index (κ3) is 2.15. The highest BCUT2D eigenvalue weighted by molar-refractivity contribution is 7.80. The second kappa shape index (κ2) is 5.16. The van der Waals surface area contributed by atoms with Gasteiger partial charge in [0.1, 0.15) is 5.71 Å². The molecule has 0 heterocycles. The number of nitrogens with one attached hydrogen (secondary N) is 2. The van der Waals surface area contributed by atoms with Crippen molar-refractivity contribution >= 4 is 34.5 Å². The molecule has 0 aromatic heterocycles. The zero-order chi connectivity index (χ0) is 16.0. The largest absolute Gasteiger partial charge is 0.331 e. The summed E-state index contributed by atoms with van der Waals surface area (Å²) >= 11 is 5.24. The molecule has 2 aliphatic rings. The van der Waals surface area contributed by atoms with Crippen LogP contribution in [0.2, 0.25) is 0 Å². The summed E-state index contributed by atoms with van der Waals surface area (Å²) in [7, 11) is 0. The summed E-state index contributed by atoms with van der Waals surface area (Å²) < 4.78 is 0. The van der Waals surface area contributed by atoms with Crippen LogP contribution in [-0.2, 0) is 4.79 Å². The topological polar surface area (TPSA) is 53.5 Å². The Balaban J connectivity index is 1.72. The first-order valence-electron chi connectivity index (χ1n) is 7.61. The van der Waals surface area contributed by atoms with Gasteiger partial charge >= 0.3 is 0 Å². The first-order valence-corrected chi connectivity index (χ1v) is 8.01. The molecule has 0 saturated heterocycles. The van der Waals surface area contributed by atoms with Crippen molar-refractivity contribution in [1.82, 2.24) is 5.43 Å². The van der Waals surface area contributed by atoms with E-state index in [9.17, 15) is 4.79 Å². The quantitative estimate of drug-likeness (QED) is 0.649. The number of rotatable bonds is 2. The van der Waals surface area contributed by atoms with Crippen LogP contribution in [0.4, 0.5) is 5.69 Å². The highest BCUT2D eigenvalue weighted by Crippen LogP contribution is 2.62. The van der Waals surface area contributed by atoms with Gasteiger partial charge in [0.15, 0.2) is 10.9 Å². The molecule has 0 radical (unpaired) electrons. The third-order valence-corrected chi connectivity index (χ3v) is 5.79. The molecular formula is C17H21N3OS. The van der Waals surface area contributed by atoms with E-state index in [1.807, 2.05) is 30.3 Å². The number of carbonyl (C=O) groups is 1. The van der Waals surface area contributed by atoms with Gasteiger partial charge in [0, 0.05) is 17.0 Å². The van der Waals surface area contributed by atoms with Crippen LogP contribution in [0.5, 0.6) is 0 Å². The molecule has 2 N–H and O–H groups in total. The zero-order valence-electron chi connectivity index (χ0n) is 13.1. The molecule has 1 aromatic carbocycles. The number of benzene rings is 1. The molecule has 2 saturated carbocycles. The number of para-hydroxylation sites is 1. The summed E-state index contributed by atoms with van der Waals surface area (Å²) in [5.41, 5.74) is 4.06. The fourth-order valence-electron chi connectivity index (χ4n) is 3.75. The molecule has 3 rings (SSSR count). The summed E-state index contributed by atoms with van der Waals surface area (Å²) in [6, 6.07) is 9.65. The second-order valence-corrected chi connectivity index (χ2v) is 7.31. The minimum atomic E-state index is -0.285. The van der Waals surface area contributed by atoms with Crippen molar-refractivity contribution in [2.45, 2.75) is 33.6 Å². The van der Waals surface area contributed by atoms with Crippen LogP contribution in [0.15, 0.2) is 35.4 Å². The number of nitrogens with zero attached hydrogens (tertiary/aromatic N) is 1. The van der Waals surface area contributed by atoms with Gasteiger partial charge in [0.2, 0.25) is 0 Å². The minimum Gasteiger partial charge on any atom is -0.331 e. The normalized spacial score (nSPS) is 30.6. The van der Waals surface area contributed by atoms with E-state index in [0.29, 0.717) is 10.8 Å². The van der Waals surface area contributed by atoms with E-state index in [0.717, 1.165) is 18.5 Å². The monoisotopic (exact) mass is 315 g/mol. The Morgan fingerprint density at radius 3 is 2.55 bits per heavy atom. The number of carbonyl (C=O) groups excluding carboxylic acids is 1. The molecule has 2 aliphatic carbocycles. The Kier molecular flexibility index (Phi) is 3.56. The zero-order valence-corrected chi connectivity index (χ0v) is 14.0. The van der Waals surface area contributed by atoms with E-state index >= 15 is 0 Å². The van der Waals surface area contributed by atoms with E-state index in [1.165, 1.54) is 0 Å². The third-order valence-electron chi connectivity index (χ3n) is 5.60. The molecule has 0 spiro atoms. The fraction of sp³-hybridized carbons (Fsp3) is 0.471. The van der Waals surface area contributed by atoms with Gasteiger partial charge in [0.25, 0.3) is 0 Å². The number of ketones is 1.